The van der Waals surface area contributed by atoms with Gasteiger partial charge < -0.3 is 20.1 Å². The van der Waals surface area contributed by atoms with E-state index in [0.717, 1.165) is 37.9 Å². The second-order valence-corrected chi connectivity index (χ2v) is 8.46. The first-order valence-electron chi connectivity index (χ1n) is 11.2. The quantitative estimate of drug-likeness (QED) is 0.576. The molecule has 0 bridgehead atoms. The molecule has 9 nitrogen and oxygen atoms in total. The summed E-state index contributed by atoms with van der Waals surface area (Å²) >= 11 is 0. The normalized spacial score (nSPS) is 18.0. The number of benzene rings is 1. The number of rotatable bonds is 6. The van der Waals surface area contributed by atoms with Crippen molar-refractivity contribution in [2.75, 3.05) is 24.4 Å². The third-order valence-corrected chi connectivity index (χ3v) is 6.08. The van der Waals surface area contributed by atoms with Gasteiger partial charge in [0.05, 0.1) is 24.0 Å². The van der Waals surface area contributed by atoms with Gasteiger partial charge in [0, 0.05) is 18.6 Å². The van der Waals surface area contributed by atoms with Gasteiger partial charge in [0.1, 0.15) is 29.5 Å². The molecule has 1 unspecified atom stereocenters. The van der Waals surface area contributed by atoms with Crippen LogP contribution >= 0.6 is 0 Å². The number of aryl methyl sites for hydroxylation is 1. The van der Waals surface area contributed by atoms with Crippen LogP contribution in [0.2, 0.25) is 0 Å². The Hall–Kier alpha value is -3.64. The lowest BCUT2D eigenvalue weighted by molar-refractivity contribution is -0.117. The molecule has 2 aromatic heterocycles. The van der Waals surface area contributed by atoms with Crippen molar-refractivity contribution in [3.05, 3.63) is 35.7 Å². The van der Waals surface area contributed by atoms with E-state index in [4.69, 9.17) is 19.4 Å². The molecular weight excluding hydrogens is 420 g/mol. The predicted molar refractivity (Wildman–Crippen MR) is 123 cm³/mol. The number of carbonyl (C=O) groups excluding carboxylic acids is 1. The van der Waals surface area contributed by atoms with Gasteiger partial charge in [0.2, 0.25) is 5.91 Å². The minimum atomic E-state index is -0.144. The van der Waals surface area contributed by atoms with Gasteiger partial charge in [-0.3, -0.25) is 9.36 Å². The summed E-state index contributed by atoms with van der Waals surface area (Å²) in [6.07, 6.45) is 4.67. The SMILES string of the molecule is COc1c(C#N)cccc1Nc1cc(NC(=O)C2CC2)nc2c1nc(C)n2C1CCCCO1. The minimum Gasteiger partial charge on any atom is -0.493 e. The molecule has 1 saturated heterocycles. The van der Waals surface area contributed by atoms with Gasteiger partial charge in [-0.15, -0.1) is 0 Å². The van der Waals surface area contributed by atoms with Crippen LogP contribution in [0, 0.1) is 24.2 Å². The molecule has 9 heteroatoms. The summed E-state index contributed by atoms with van der Waals surface area (Å²) in [5, 5.41) is 15.8. The molecular formula is C24H26N6O3. The summed E-state index contributed by atoms with van der Waals surface area (Å²) in [5.74, 6) is 1.72. The zero-order valence-corrected chi connectivity index (χ0v) is 18.7. The maximum absolute atomic E-state index is 12.5. The largest absolute Gasteiger partial charge is 0.493 e. The Kier molecular flexibility index (Phi) is 5.60. The van der Waals surface area contributed by atoms with Gasteiger partial charge in [-0.05, 0) is 51.2 Å². The molecule has 3 heterocycles. The fraction of sp³-hybridized carbons (Fsp3) is 0.417. The standard InChI is InChI=1S/C24H26N6O3/c1-14-26-21-18(27-17-7-5-6-16(13-25)22(17)32-2)12-19(29-24(31)15-9-10-15)28-23(21)30(14)20-8-3-4-11-33-20/h5-7,12,15,20H,3-4,8-11H2,1-2H3,(H2,27,28,29,31). The maximum Gasteiger partial charge on any atom is 0.228 e. The summed E-state index contributed by atoms with van der Waals surface area (Å²) in [6.45, 7) is 2.63. The monoisotopic (exact) mass is 446 g/mol. The highest BCUT2D eigenvalue weighted by atomic mass is 16.5. The Morgan fingerprint density at radius 3 is 2.79 bits per heavy atom. The van der Waals surface area contributed by atoms with Gasteiger partial charge in [0.15, 0.2) is 11.4 Å². The summed E-state index contributed by atoms with van der Waals surface area (Å²) in [6, 6.07) is 9.26. The highest BCUT2D eigenvalue weighted by Gasteiger charge is 2.30. The summed E-state index contributed by atoms with van der Waals surface area (Å²) in [4.78, 5) is 22.0. The molecule has 170 valence electrons. The zero-order chi connectivity index (χ0) is 22.9. The second-order valence-electron chi connectivity index (χ2n) is 8.46. The molecule has 2 N–H and O–H groups in total. The van der Waals surface area contributed by atoms with Crippen LogP contribution in [0.5, 0.6) is 5.75 Å². The molecule has 1 saturated carbocycles. The van der Waals surface area contributed by atoms with Crippen molar-refractivity contribution in [2.24, 2.45) is 5.92 Å². The molecule has 1 aromatic carbocycles. The van der Waals surface area contributed by atoms with E-state index in [1.54, 1.807) is 18.2 Å². The number of amides is 1. The van der Waals surface area contributed by atoms with Crippen LogP contribution in [0.15, 0.2) is 24.3 Å². The van der Waals surface area contributed by atoms with Gasteiger partial charge in [0.25, 0.3) is 0 Å². The number of hydrogen-bond acceptors (Lipinski definition) is 7. The summed E-state index contributed by atoms with van der Waals surface area (Å²) < 4.78 is 13.5. The average molecular weight is 447 g/mol. The van der Waals surface area contributed by atoms with Crippen molar-refractivity contribution in [3.63, 3.8) is 0 Å². The molecule has 1 atom stereocenters. The van der Waals surface area contributed by atoms with E-state index >= 15 is 0 Å². The minimum absolute atomic E-state index is 0.0198. The van der Waals surface area contributed by atoms with Gasteiger partial charge in [-0.2, -0.15) is 5.26 Å². The number of hydrogen-bond donors (Lipinski definition) is 2. The van der Waals surface area contributed by atoms with Crippen molar-refractivity contribution in [1.82, 2.24) is 14.5 Å². The van der Waals surface area contributed by atoms with E-state index in [2.05, 4.69) is 16.7 Å². The lowest BCUT2D eigenvalue weighted by atomic mass is 10.1. The smallest absolute Gasteiger partial charge is 0.228 e. The number of anilines is 3. The number of carbonyl (C=O) groups is 1. The Morgan fingerprint density at radius 2 is 2.09 bits per heavy atom. The van der Waals surface area contributed by atoms with E-state index in [9.17, 15) is 10.1 Å². The highest BCUT2D eigenvalue weighted by Crippen LogP contribution is 2.37. The number of methoxy groups -OCH3 is 1. The first-order valence-corrected chi connectivity index (χ1v) is 11.2. The Bertz CT molecular complexity index is 1250. The van der Waals surface area contributed by atoms with Crippen molar-refractivity contribution < 1.29 is 14.3 Å². The van der Waals surface area contributed by atoms with Crippen LogP contribution in [0.4, 0.5) is 17.2 Å². The first-order chi connectivity index (χ1) is 16.1. The summed E-state index contributed by atoms with van der Waals surface area (Å²) in [7, 11) is 1.53. The topological polar surface area (TPSA) is 114 Å². The van der Waals surface area contributed by atoms with Crippen LogP contribution in [-0.4, -0.2) is 34.2 Å². The van der Waals surface area contributed by atoms with Gasteiger partial charge in [-0.25, -0.2) is 9.97 Å². The molecule has 1 aliphatic heterocycles. The van der Waals surface area contributed by atoms with E-state index in [1.165, 1.54) is 7.11 Å². The highest BCUT2D eigenvalue weighted by molar-refractivity contribution is 5.97. The van der Waals surface area contributed by atoms with Crippen LogP contribution in [0.25, 0.3) is 11.2 Å². The van der Waals surface area contributed by atoms with E-state index < -0.39 is 0 Å². The third kappa shape index (κ3) is 4.10. The lowest BCUT2D eigenvalue weighted by Gasteiger charge is -2.25. The molecule has 5 rings (SSSR count). The fourth-order valence-corrected chi connectivity index (χ4v) is 4.27. The Morgan fingerprint density at radius 1 is 1.24 bits per heavy atom. The summed E-state index contributed by atoms with van der Waals surface area (Å²) in [5.41, 5.74) is 3.02. The number of pyridine rings is 1. The first kappa shape index (κ1) is 21.2. The Labute approximate surface area is 191 Å². The molecule has 0 spiro atoms. The van der Waals surface area contributed by atoms with E-state index in [1.807, 2.05) is 17.6 Å². The molecule has 1 aliphatic carbocycles. The van der Waals surface area contributed by atoms with Crippen molar-refractivity contribution in [2.45, 2.75) is 45.3 Å². The molecule has 2 aliphatic rings. The number of nitriles is 1. The van der Waals surface area contributed by atoms with Crippen LogP contribution < -0.4 is 15.4 Å². The number of fused-ring (bicyclic) bond motifs is 1. The number of nitrogens with zero attached hydrogens (tertiary/aromatic N) is 4. The van der Waals surface area contributed by atoms with E-state index in [0.29, 0.717) is 46.3 Å². The second kappa shape index (κ2) is 8.71. The fourth-order valence-electron chi connectivity index (χ4n) is 4.27. The average Bonchev–Trinajstić information content (AvgIpc) is 3.62. The predicted octanol–water partition coefficient (Wildman–Crippen LogP) is 4.41. The molecule has 33 heavy (non-hydrogen) atoms. The number of aromatic nitrogens is 3. The van der Waals surface area contributed by atoms with Crippen LogP contribution in [-0.2, 0) is 9.53 Å². The molecule has 0 radical (unpaired) electrons. The van der Waals surface area contributed by atoms with Gasteiger partial charge >= 0.3 is 0 Å². The zero-order valence-electron chi connectivity index (χ0n) is 18.7. The van der Waals surface area contributed by atoms with E-state index in [-0.39, 0.29) is 18.1 Å². The maximum atomic E-state index is 12.5. The number of nitrogens with one attached hydrogen (secondary N) is 2. The molecule has 1 amide bonds. The molecule has 3 aromatic rings. The number of ether oxygens (including phenoxy) is 2. The lowest BCUT2D eigenvalue weighted by Crippen LogP contribution is -2.20. The van der Waals surface area contributed by atoms with Crippen molar-refractivity contribution in [3.8, 4) is 11.8 Å². The third-order valence-electron chi connectivity index (χ3n) is 6.08. The van der Waals surface area contributed by atoms with Crippen LogP contribution in [0.3, 0.4) is 0 Å². The van der Waals surface area contributed by atoms with Gasteiger partial charge in [-0.1, -0.05) is 6.07 Å². The van der Waals surface area contributed by atoms with Crippen LogP contribution in [0.1, 0.15) is 49.7 Å². The van der Waals surface area contributed by atoms with Crippen molar-refractivity contribution >= 4 is 34.3 Å². The van der Waals surface area contributed by atoms with Crippen molar-refractivity contribution in [1.29, 1.82) is 5.26 Å². The molecule has 2 fully saturated rings. The number of para-hydroxylation sites is 1. The Balaban J connectivity index is 1.62. The number of imidazole rings is 1.